The number of aliphatic hydroxyl groups is 2. The SMILES string of the molecule is Cc1oc(=O)oc1COC(=O)Nc1ncnn2c([C@]3(C#N)O[C@H](CO)[C@@H](OC(=O)CC4CCCCC4)[C@H]3O)ccc12. The second-order valence-corrected chi connectivity index (χ2v) is 10.1. The Morgan fingerprint density at radius 3 is 2.73 bits per heavy atom. The van der Waals surface area contributed by atoms with Gasteiger partial charge in [-0.25, -0.2) is 19.1 Å². The minimum atomic E-state index is -2.07. The van der Waals surface area contributed by atoms with E-state index in [2.05, 4.69) is 15.4 Å². The van der Waals surface area contributed by atoms with E-state index in [9.17, 15) is 29.9 Å². The van der Waals surface area contributed by atoms with Crippen molar-refractivity contribution in [1.82, 2.24) is 14.6 Å². The molecule has 1 saturated carbocycles. The van der Waals surface area contributed by atoms with Gasteiger partial charge in [0.15, 0.2) is 30.0 Å². The van der Waals surface area contributed by atoms with Crippen molar-refractivity contribution < 1.29 is 42.8 Å². The van der Waals surface area contributed by atoms with Gasteiger partial charge in [0.05, 0.1) is 12.3 Å². The molecular weight excluding hydrogens is 542 g/mol. The van der Waals surface area contributed by atoms with Crippen molar-refractivity contribution in [2.24, 2.45) is 5.92 Å². The van der Waals surface area contributed by atoms with Crippen molar-refractivity contribution in [1.29, 1.82) is 5.26 Å². The summed E-state index contributed by atoms with van der Waals surface area (Å²) in [6.07, 6.45) is 1.27. The first kappa shape index (κ1) is 28.3. The maximum Gasteiger partial charge on any atom is 0.519 e. The summed E-state index contributed by atoms with van der Waals surface area (Å²) in [4.78, 5) is 40.3. The van der Waals surface area contributed by atoms with Crippen LogP contribution in [0.1, 0.15) is 55.7 Å². The lowest BCUT2D eigenvalue weighted by atomic mass is 9.87. The zero-order chi connectivity index (χ0) is 29.1. The van der Waals surface area contributed by atoms with Crippen LogP contribution in [0.2, 0.25) is 0 Å². The number of nitriles is 1. The van der Waals surface area contributed by atoms with Gasteiger partial charge in [0.2, 0.25) is 5.60 Å². The molecule has 3 N–H and O–H groups in total. The number of aromatic nitrogens is 3. The Hall–Kier alpha value is -4.26. The number of nitrogens with zero attached hydrogens (tertiary/aromatic N) is 4. The Labute approximate surface area is 232 Å². The number of amides is 1. The number of fused-ring (bicyclic) bond motifs is 1. The maximum atomic E-state index is 12.7. The van der Waals surface area contributed by atoms with Crippen LogP contribution >= 0.6 is 0 Å². The van der Waals surface area contributed by atoms with Crippen molar-refractivity contribution in [2.75, 3.05) is 11.9 Å². The van der Waals surface area contributed by atoms with Crippen molar-refractivity contribution in [3.05, 3.63) is 46.3 Å². The van der Waals surface area contributed by atoms with E-state index in [1.54, 1.807) is 0 Å². The average Bonchev–Trinajstić information content (AvgIpc) is 3.62. The first-order chi connectivity index (χ1) is 19.8. The van der Waals surface area contributed by atoms with Gasteiger partial charge >= 0.3 is 17.9 Å². The lowest BCUT2D eigenvalue weighted by Crippen LogP contribution is -2.43. The minimum Gasteiger partial charge on any atom is -0.457 e. The molecule has 3 aromatic heterocycles. The number of ether oxygens (including phenoxy) is 3. The monoisotopic (exact) mass is 571 g/mol. The molecular formula is C26H29N5O10. The summed E-state index contributed by atoms with van der Waals surface area (Å²) in [6, 6.07) is 4.89. The van der Waals surface area contributed by atoms with Gasteiger partial charge in [0, 0.05) is 6.42 Å². The molecule has 1 aliphatic carbocycles. The summed E-state index contributed by atoms with van der Waals surface area (Å²) in [5, 5.41) is 38.0. The fraction of sp³-hybridized carbons (Fsp3) is 0.538. The Morgan fingerprint density at radius 2 is 2.05 bits per heavy atom. The molecule has 5 rings (SSSR count). The van der Waals surface area contributed by atoms with Gasteiger partial charge in [-0.3, -0.25) is 10.1 Å². The number of hydrogen-bond acceptors (Lipinski definition) is 13. The zero-order valence-electron chi connectivity index (χ0n) is 22.1. The predicted molar refractivity (Wildman–Crippen MR) is 135 cm³/mol. The molecule has 1 amide bonds. The third kappa shape index (κ3) is 5.53. The highest BCUT2D eigenvalue weighted by Crippen LogP contribution is 2.42. The van der Waals surface area contributed by atoms with E-state index < -0.39 is 48.4 Å². The van der Waals surface area contributed by atoms with E-state index in [0.29, 0.717) is 0 Å². The Kier molecular flexibility index (Phi) is 8.06. The number of hydrogen-bond donors (Lipinski definition) is 3. The van der Waals surface area contributed by atoms with Crippen LogP contribution in [0, 0.1) is 24.2 Å². The molecule has 1 saturated heterocycles. The largest absolute Gasteiger partial charge is 0.519 e. The number of nitrogens with one attached hydrogen (secondary N) is 1. The van der Waals surface area contributed by atoms with Gasteiger partial charge in [-0.1, -0.05) is 19.3 Å². The fourth-order valence-corrected chi connectivity index (χ4v) is 5.36. The van der Waals surface area contributed by atoms with Crippen LogP contribution in [-0.2, 0) is 31.2 Å². The van der Waals surface area contributed by atoms with E-state index in [4.69, 9.17) is 23.0 Å². The van der Waals surface area contributed by atoms with Gasteiger partial charge < -0.3 is 33.3 Å². The number of esters is 1. The number of aliphatic hydroxyl groups excluding tert-OH is 2. The molecule has 0 spiro atoms. The standard InChI is InChI=1S/C26H29N5O10/c1-14-18(39-25(36)38-14)11-37-24(35)30-23-16-7-8-19(31(16)29-13-28-23)26(12-27)22(34)21(17(10-32)41-26)40-20(33)9-15-5-3-2-4-6-15/h7-8,13,15,17,21-22,32,34H,2-6,9-11H2,1H3,(H,28,29,30,35)/t17-,21-,22-,26+/m1/s1. The molecule has 0 aromatic carbocycles. The zero-order valence-corrected chi connectivity index (χ0v) is 22.1. The summed E-state index contributed by atoms with van der Waals surface area (Å²) < 4.78 is 27.2. The first-order valence-corrected chi connectivity index (χ1v) is 13.2. The molecule has 2 aliphatic rings. The molecule has 4 heterocycles. The highest BCUT2D eigenvalue weighted by Gasteiger charge is 2.59. The lowest BCUT2D eigenvalue weighted by Gasteiger charge is -2.25. The van der Waals surface area contributed by atoms with Crippen molar-refractivity contribution in [2.45, 2.75) is 76.0 Å². The van der Waals surface area contributed by atoms with Gasteiger partial charge in [-0.15, -0.1) is 0 Å². The second-order valence-electron chi connectivity index (χ2n) is 10.1. The molecule has 4 atom stereocenters. The molecule has 1 aliphatic heterocycles. The lowest BCUT2D eigenvalue weighted by molar-refractivity contribution is -0.158. The second kappa shape index (κ2) is 11.7. The predicted octanol–water partition coefficient (Wildman–Crippen LogP) is 1.69. The van der Waals surface area contributed by atoms with Crippen molar-refractivity contribution >= 4 is 23.4 Å². The summed E-state index contributed by atoms with van der Waals surface area (Å²) in [7, 11) is 0. The molecule has 15 nitrogen and oxygen atoms in total. The third-order valence-electron chi connectivity index (χ3n) is 7.45. The van der Waals surface area contributed by atoms with Crippen LogP contribution in [0.25, 0.3) is 5.52 Å². The number of rotatable bonds is 8. The summed E-state index contributed by atoms with van der Waals surface area (Å²) in [5.74, 6) is -1.06. The van der Waals surface area contributed by atoms with E-state index in [1.807, 2.05) is 6.07 Å². The summed E-state index contributed by atoms with van der Waals surface area (Å²) in [6.45, 7) is 0.485. The maximum absolute atomic E-state index is 12.7. The van der Waals surface area contributed by atoms with E-state index >= 15 is 0 Å². The Bertz CT molecular complexity index is 1520. The van der Waals surface area contributed by atoms with Gasteiger partial charge in [0.1, 0.15) is 30.1 Å². The van der Waals surface area contributed by atoms with Crippen LogP contribution in [0.15, 0.2) is 32.1 Å². The van der Waals surface area contributed by atoms with Crippen LogP contribution in [0.3, 0.4) is 0 Å². The van der Waals surface area contributed by atoms with Crippen molar-refractivity contribution in [3.63, 3.8) is 0 Å². The smallest absolute Gasteiger partial charge is 0.457 e. The normalized spacial score (nSPS) is 24.7. The molecule has 218 valence electrons. The van der Waals surface area contributed by atoms with E-state index in [1.165, 1.54) is 23.6 Å². The summed E-state index contributed by atoms with van der Waals surface area (Å²) >= 11 is 0. The van der Waals surface area contributed by atoms with Crippen LogP contribution in [0.5, 0.6) is 0 Å². The Morgan fingerprint density at radius 1 is 1.27 bits per heavy atom. The van der Waals surface area contributed by atoms with Crippen molar-refractivity contribution in [3.8, 4) is 6.07 Å². The molecule has 0 unspecified atom stereocenters. The quantitative estimate of drug-likeness (QED) is 0.329. The third-order valence-corrected chi connectivity index (χ3v) is 7.45. The first-order valence-electron chi connectivity index (χ1n) is 13.2. The topological polar surface area (TPSA) is 212 Å². The summed E-state index contributed by atoms with van der Waals surface area (Å²) in [5.41, 5.74) is -1.80. The van der Waals surface area contributed by atoms with Crippen LogP contribution in [0.4, 0.5) is 10.6 Å². The number of carbonyl (C=O) groups excluding carboxylic acids is 2. The highest BCUT2D eigenvalue weighted by molar-refractivity contribution is 5.88. The van der Waals surface area contributed by atoms with Gasteiger partial charge in [-0.05, 0) is 37.8 Å². The molecule has 15 heteroatoms. The molecule has 3 aromatic rings. The van der Waals surface area contributed by atoms with Gasteiger partial charge in [0.25, 0.3) is 0 Å². The van der Waals surface area contributed by atoms with E-state index in [-0.39, 0.29) is 47.5 Å². The van der Waals surface area contributed by atoms with Crippen LogP contribution in [-0.4, -0.2) is 61.8 Å². The molecule has 2 fully saturated rings. The Balaban J connectivity index is 1.34. The highest BCUT2D eigenvalue weighted by atomic mass is 16.6. The average molecular weight is 572 g/mol. The van der Waals surface area contributed by atoms with E-state index in [0.717, 1.165) is 38.4 Å². The molecule has 0 radical (unpaired) electrons. The number of carbonyl (C=O) groups is 2. The van der Waals surface area contributed by atoms with Gasteiger partial charge in [-0.2, -0.15) is 10.4 Å². The fourth-order valence-electron chi connectivity index (χ4n) is 5.36. The minimum absolute atomic E-state index is 0.00337. The number of aryl methyl sites for hydroxylation is 1. The number of anilines is 1. The van der Waals surface area contributed by atoms with Crippen LogP contribution < -0.4 is 11.1 Å². The molecule has 41 heavy (non-hydrogen) atoms. The molecule has 0 bridgehead atoms.